The van der Waals surface area contributed by atoms with E-state index in [0.717, 1.165) is 22.5 Å². The molecule has 0 spiro atoms. The first-order chi connectivity index (χ1) is 15.5. The van der Waals surface area contributed by atoms with Gasteiger partial charge in [0, 0.05) is 28.1 Å². The average molecular weight is 459 g/mol. The molecule has 0 fully saturated rings. The van der Waals surface area contributed by atoms with Crippen molar-refractivity contribution in [3.05, 3.63) is 113 Å². The number of benzene rings is 3. The lowest BCUT2D eigenvalue weighted by molar-refractivity contribution is 0.102. The van der Waals surface area contributed by atoms with Crippen molar-refractivity contribution < 1.29 is 13.2 Å². The van der Waals surface area contributed by atoms with E-state index >= 15 is 0 Å². The fourth-order valence-electron chi connectivity index (χ4n) is 2.86. The predicted octanol–water partition coefficient (Wildman–Crippen LogP) is 5.20. The maximum absolute atomic E-state index is 12.6. The number of amides is 1. The molecular formula is C25H18N2O3S2. The van der Waals surface area contributed by atoms with E-state index in [1.54, 1.807) is 47.8 Å². The Balaban J connectivity index is 1.43. The van der Waals surface area contributed by atoms with Crippen molar-refractivity contribution in [2.24, 2.45) is 0 Å². The van der Waals surface area contributed by atoms with E-state index in [2.05, 4.69) is 21.9 Å². The van der Waals surface area contributed by atoms with Gasteiger partial charge in [0.2, 0.25) is 0 Å². The second-order valence-corrected chi connectivity index (χ2v) is 9.62. The molecule has 1 heterocycles. The van der Waals surface area contributed by atoms with Crippen LogP contribution in [0.1, 0.15) is 21.5 Å². The Kier molecular flexibility index (Phi) is 6.36. The van der Waals surface area contributed by atoms with Crippen molar-refractivity contribution >= 4 is 38.6 Å². The number of nitrogens with one attached hydrogen (secondary N) is 2. The molecule has 5 nitrogen and oxygen atoms in total. The molecule has 0 saturated carbocycles. The number of carbonyl (C=O) groups excluding carboxylic acids is 1. The van der Waals surface area contributed by atoms with Crippen LogP contribution in [-0.4, -0.2) is 14.3 Å². The minimum Gasteiger partial charge on any atom is -0.322 e. The number of hydrogen-bond acceptors (Lipinski definition) is 4. The topological polar surface area (TPSA) is 75.3 Å². The van der Waals surface area contributed by atoms with Crippen LogP contribution in [0.2, 0.25) is 0 Å². The largest absolute Gasteiger partial charge is 0.322 e. The lowest BCUT2D eigenvalue weighted by Crippen LogP contribution is -2.13. The van der Waals surface area contributed by atoms with Gasteiger partial charge >= 0.3 is 0 Å². The van der Waals surface area contributed by atoms with Crippen molar-refractivity contribution in [2.75, 3.05) is 10.0 Å². The molecule has 2 N–H and O–H groups in total. The number of hydrogen-bond donors (Lipinski definition) is 2. The molecule has 4 rings (SSSR count). The fraction of sp³-hybridized carbons (Fsp3) is 0. The van der Waals surface area contributed by atoms with Crippen molar-refractivity contribution in [2.45, 2.75) is 4.21 Å². The van der Waals surface area contributed by atoms with E-state index in [1.165, 1.54) is 6.07 Å². The molecule has 32 heavy (non-hydrogen) atoms. The van der Waals surface area contributed by atoms with Gasteiger partial charge in [-0.3, -0.25) is 9.52 Å². The van der Waals surface area contributed by atoms with E-state index in [4.69, 9.17) is 0 Å². The summed E-state index contributed by atoms with van der Waals surface area (Å²) >= 11 is 1.14. The summed E-state index contributed by atoms with van der Waals surface area (Å²) in [6.07, 6.45) is 0. The maximum atomic E-state index is 12.6. The van der Waals surface area contributed by atoms with Gasteiger partial charge in [-0.15, -0.1) is 11.3 Å². The predicted molar refractivity (Wildman–Crippen MR) is 128 cm³/mol. The van der Waals surface area contributed by atoms with Crippen LogP contribution in [0.3, 0.4) is 0 Å². The van der Waals surface area contributed by atoms with Gasteiger partial charge in [0.1, 0.15) is 4.21 Å². The molecule has 7 heteroatoms. The van der Waals surface area contributed by atoms with Crippen molar-refractivity contribution in [1.82, 2.24) is 0 Å². The van der Waals surface area contributed by atoms with E-state index in [0.29, 0.717) is 16.9 Å². The Labute approximate surface area is 190 Å². The maximum Gasteiger partial charge on any atom is 0.271 e. The highest BCUT2D eigenvalue weighted by Crippen LogP contribution is 2.21. The van der Waals surface area contributed by atoms with Gasteiger partial charge in [0.15, 0.2) is 0 Å². The summed E-state index contributed by atoms with van der Waals surface area (Å²) < 4.78 is 27.4. The van der Waals surface area contributed by atoms with Crippen LogP contribution in [0.5, 0.6) is 0 Å². The molecule has 0 aliphatic rings. The lowest BCUT2D eigenvalue weighted by Gasteiger charge is -2.08. The summed E-state index contributed by atoms with van der Waals surface area (Å²) in [4.78, 5) is 12.6. The Morgan fingerprint density at radius 1 is 0.750 bits per heavy atom. The Hall–Kier alpha value is -3.86. The minimum atomic E-state index is -3.63. The normalized spacial score (nSPS) is 10.6. The summed E-state index contributed by atoms with van der Waals surface area (Å²) in [5, 5.41) is 4.54. The van der Waals surface area contributed by atoms with Gasteiger partial charge in [-0.2, -0.15) is 0 Å². The monoisotopic (exact) mass is 458 g/mol. The Morgan fingerprint density at radius 2 is 1.47 bits per heavy atom. The lowest BCUT2D eigenvalue weighted by atomic mass is 10.1. The standard InChI is InChI=1S/C25H18N2O3S2/c28-25(21-13-15-22(16-14-21)27-32(29,30)24-10-5-17-31-24)26-23-9-4-8-20(18-23)12-11-19-6-2-1-3-7-19/h1-10,13-18,27H,(H,26,28). The van der Waals surface area contributed by atoms with Gasteiger partial charge < -0.3 is 5.32 Å². The third kappa shape index (κ3) is 5.43. The van der Waals surface area contributed by atoms with Gasteiger partial charge in [0.25, 0.3) is 15.9 Å². The molecular weight excluding hydrogens is 440 g/mol. The van der Waals surface area contributed by atoms with Crippen LogP contribution >= 0.6 is 11.3 Å². The highest BCUT2D eigenvalue weighted by Gasteiger charge is 2.15. The molecule has 0 aliphatic heterocycles. The van der Waals surface area contributed by atoms with Crippen LogP contribution in [-0.2, 0) is 10.0 Å². The van der Waals surface area contributed by atoms with Gasteiger partial charge in [-0.1, -0.05) is 42.2 Å². The third-order valence-electron chi connectivity index (χ3n) is 4.40. The van der Waals surface area contributed by atoms with Gasteiger partial charge in [0.05, 0.1) is 0 Å². The number of thiophene rings is 1. The zero-order valence-corrected chi connectivity index (χ0v) is 18.4. The average Bonchev–Trinajstić information content (AvgIpc) is 3.35. The molecule has 158 valence electrons. The number of rotatable bonds is 5. The quantitative estimate of drug-likeness (QED) is 0.404. The Morgan fingerprint density at radius 3 is 2.19 bits per heavy atom. The first-order valence-electron chi connectivity index (χ1n) is 9.64. The zero-order valence-electron chi connectivity index (χ0n) is 16.8. The molecule has 0 radical (unpaired) electrons. The second kappa shape index (κ2) is 9.52. The van der Waals surface area contributed by atoms with Crippen LogP contribution in [0, 0.1) is 11.8 Å². The van der Waals surface area contributed by atoms with Crippen LogP contribution < -0.4 is 10.0 Å². The molecule has 1 amide bonds. The highest BCUT2D eigenvalue weighted by atomic mass is 32.2. The number of sulfonamides is 1. The molecule has 0 bridgehead atoms. The van der Waals surface area contributed by atoms with Gasteiger partial charge in [-0.25, -0.2) is 8.42 Å². The summed E-state index contributed by atoms with van der Waals surface area (Å²) in [6.45, 7) is 0. The van der Waals surface area contributed by atoms with E-state index in [1.807, 2.05) is 42.5 Å². The van der Waals surface area contributed by atoms with E-state index in [-0.39, 0.29) is 10.1 Å². The van der Waals surface area contributed by atoms with Gasteiger partial charge in [-0.05, 0) is 66.0 Å². The number of anilines is 2. The molecule has 1 aromatic heterocycles. The molecule has 3 aromatic carbocycles. The summed E-state index contributed by atoms with van der Waals surface area (Å²) in [5.74, 6) is 5.88. The third-order valence-corrected chi connectivity index (χ3v) is 7.18. The first kappa shape index (κ1) is 21.4. The smallest absolute Gasteiger partial charge is 0.271 e. The van der Waals surface area contributed by atoms with Crippen molar-refractivity contribution in [3.8, 4) is 11.8 Å². The molecule has 0 aliphatic carbocycles. The molecule has 0 unspecified atom stereocenters. The van der Waals surface area contributed by atoms with Crippen LogP contribution in [0.15, 0.2) is 101 Å². The van der Waals surface area contributed by atoms with Crippen LogP contribution in [0.25, 0.3) is 0 Å². The highest BCUT2D eigenvalue weighted by molar-refractivity contribution is 7.94. The zero-order chi connectivity index (χ0) is 22.4. The summed E-state index contributed by atoms with van der Waals surface area (Å²) in [5.41, 5.74) is 3.11. The van der Waals surface area contributed by atoms with Crippen LogP contribution in [0.4, 0.5) is 11.4 Å². The van der Waals surface area contributed by atoms with E-state index < -0.39 is 10.0 Å². The fourth-order valence-corrected chi connectivity index (χ4v) is 4.91. The number of carbonyl (C=O) groups is 1. The first-order valence-corrected chi connectivity index (χ1v) is 12.0. The molecule has 0 atom stereocenters. The van der Waals surface area contributed by atoms with E-state index in [9.17, 15) is 13.2 Å². The summed E-state index contributed by atoms with van der Waals surface area (Å²) in [7, 11) is -3.63. The summed E-state index contributed by atoms with van der Waals surface area (Å²) in [6, 6.07) is 26.4. The minimum absolute atomic E-state index is 0.231. The van der Waals surface area contributed by atoms with Crippen molar-refractivity contribution in [1.29, 1.82) is 0 Å². The molecule has 4 aromatic rings. The second-order valence-electron chi connectivity index (χ2n) is 6.77. The Bertz CT molecular complexity index is 1390. The molecule has 0 saturated heterocycles. The van der Waals surface area contributed by atoms with Crippen molar-refractivity contribution in [3.63, 3.8) is 0 Å². The SMILES string of the molecule is O=C(Nc1cccc(C#Cc2ccccc2)c1)c1ccc(NS(=O)(=O)c2cccs2)cc1.